The molecule has 6 heteroatoms. The van der Waals surface area contributed by atoms with Gasteiger partial charge in [0, 0.05) is 11.6 Å². The number of methoxy groups -OCH3 is 2. The molecule has 1 unspecified atom stereocenters. The zero-order valence-electron chi connectivity index (χ0n) is 9.30. The zero-order valence-corrected chi connectivity index (χ0v) is 9.30. The quantitative estimate of drug-likeness (QED) is 0.799. The van der Waals surface area contributed by atoms with Gasteiger partial charge in [0.25, 0.3) is 0 Å². The number of rotatable bonds is 4. The van der Waals surface area contributed by atoms with Gasteiger partial charge < -0.3 is 19.7 Å². The van der Waals surface area contributed by atoms with Crippen LogP contribution in [0.3, 0.4) is 0 Å². The molecule has 6 nitrogen and oxygen atoms in total. The minimum Gasteiger partial charge on any atom is -0.493 e. The summed E-state index contributed by atoms with van der Waals surface area (Å²) in [5.41, 5.74) is 0.161. The first kappa shape index (κ1) is 12.8. The Morgan fingerprint density at radius 2 is 2.06 bits per heavy atom. The van der Waals surface area contributed by atoms with Crippen molar-refractivity contribution < 1.29 is 24.5 Å². The van der Waals surface area contributed by atoms with Gasteiger partial charge >= 0.3 is 5.97 Å². The molecule has 0 aliphatic heterocycles. The van der Waals surface area contributed by atoms with E-state index >= 15 is 0 Å². The minimum absolute atomic E-state index is 0.0177. The van der Waals surface area contributed by atoms with Crippen molar-refractivity contribution >= 4 is 5.97 Å². The van der Waals surface area contributed by atoms with E-state index in [1.807, 2.05) is 6.07 Å². The van der Waals surface area contributed by atoms with E-state index in [2.05, 4.69) is 0 Å². The number of ether oxygens (including phenoxy) is 2. The van der Waals surface area contributed by atoms with Crippen LogP contribution in [-0.4, -0.2) is 30.4 Å². The van der Waals surface area contributed by atoms with Crippen LogP contribution in [-0.2, 0) is 4.79 Å². The number of hydrogen-bond acceptors (Lipinski definition) is 5. The first-order chi connectivity index (χ1) is 8.04. The molecule has 1 rings (SSSR count). The third-order valence-corrected chi connectivity index (χ3v) is 2.17. The molecule has 0 aliphatic carbocycles. The average molecular weight is 237 g/mol. The van der Waals surface area contributed by atoms with Crippen molar-refractivity contribution in [3.63, 3.8) is 0 Å². The van der Waals surface area contributed by atoms with E-state index < -0.39 is 12.1 Å². The molecule has 1 aromatic carbocycles. The van der Waals surface area contributed by atoms with Crippen LogP contribution in [0.2, 0.25) is 0 Å². The lowest BCUT2D eigenvalue weighted by atomic mass is 10.0. The van der Waals surface area contributed by atoms with Crippen LogP contribution in [0, 0.1) is 11.3 Å². The molecule has 0 saturated heterocycles. The van der Waals surface area contributed by atoms with Gasteiger partial charge in [-0.3, -0.25) is 0 Å². The van der Waals surface area contributed by atoms with Gasteiger partial charge in [-0.2, -0.15) is 5.26 Å². The first-order valence-corrected chi connectivity index (χ1v) is 4.62. The van der Waals surface area contributed by atoms with E-state index in [9.17, 15) is 9.90 Å². The number of nitrogens with zero attached hydrogens (tertiary/aromatic N) is 1. The minimum atomic E-state index is -1.77. The Kier molecular flexibility index (Phi) is 3.91. The van der Waals surface area contributed by atoms with Gasteiger partial charge in [0.05, 0.1) is 25.9 Å². The van der Waals surface area contributed by atoms with Crippen LogP contribution in [0.15, 0.2) is 12.1 Å². The van der Waals surface area contributed by atoms with Crippen LogP contribution in [0.4, 0.5) is 0 Å². The van der Waals surface area contributed by atoms with Crippen molar-refractivity contribution in [2.24, 2.45) is 0 Å². The normalized spacial score (nSPS) is 11.4. The van der Waals surface area contributed by atoms with Gasteiger partial charge in [-0.25, -0.2) is 4.79 Å². The summed E-state index contributed by atoms with van der Waals surface area (Å²) in [6.45, 7) is 0. The maximum absolute atomic E-state index is 10.7. The Morgan fingerprint density at radius 3 is 2.47 bits per heavy atom. The fourth-order valence-corrected chi connectivity index (χ4v) is 1.39. The summed E-state index contributed by atoms with van der Waals surface area (Å²) in [7, 11) is 2.68. The molecule has 0 fully saturated rings. The molecule has 17 heavy (non-hydrogen) atoms. The SMILES string of the molecule is COc1cc(C#N)cc(C(O)C(=O)O)c1OC. The molecular formula is C11H11NO5. The Labute approximate surface area is 97.6 Å². The van der Waals surface area contributed by atoms with Crippen LogP contribution in [0.25, 0.3) is 0 Å². The molecule has 0 radical (unpaired) electrons. The predicted molar refractivity (Wildman–Crippen MR) is 56.9 cm³/mol. The molecule has 1 atom stereocenters. The average Bonchev–Trinajstić information content (AvgIpc) is 2.35. The Balaban J connectivity index is 3.45. The molecule has 1 aromatic rings. The standard InChI is InChI=1S/C11H11NO5/c1-16-8-4-6(5-12)3-7(10(8)17-2)9(13)11(14)15/h3-4,9,13H,1-2H3,(H,14,15). The highest BCUT2D eigenvalue weighted by atomic mass is 16.5. The molecule has 0 heterocycles. The smallest absolute Gasteiger partial charge is 0.337 e. The lowest BCUT2D eigenvalue weighted by molar-refractivity contribution is -0.147. The fourth-order valence-electron chi connectivity index (χ4n) is 1.39. The summed E-state index contributed by atoms with van der Waals surface area (Å²) >= 11 is 0. The molecule has 0 bridgehead atoms. The first-order valence-electron chi connectivity index (χ1n) is 4.62. The number of carboxylic acids is 1. The van der Waals surface area contributed by atoms with Crippen molar-refractivity contribution in [1.82, 2.24) is 0 Å². The topological polar surface area (TPSA) is 99.8 Å². The molecule has 0 aliphatic rings. The van der Waals surface area contributed by atoms with E-state index in [-0.39, 0.29) is 22.6 Å². The fraction of sp³-hybridized carbons (Fsp3) is 0.273. The number of nitriles is 1. The summed E-state index contributed by atoms with van der Waals surface area (Å²) in [4.78, 5) is 10.7. The van der Waals surface area contributed by atoms with E-state index in [0.29, 0.717) is 0 Å². The van der Waals surface area contributed by atoms with Gasteiger partial charge in [-0.1, -0.05) is 0 Å². The second kappa shape index (κ2) is 5.18. The van der Waals surface area contributed by atoms with Crippen molar-refractivity contribution in [3.8, 4) is 17.6 Å². The van der Waals surface area contributed by atoms with Gasteiger partial charge in [-0.15, -0.1) is 0 Å². The van der Waals surface area contributed by atoms with Crippen LogP contribution in [0.1, 0.15) is 17.2 Å². The monoisotopic (exact) mass is 237 g/mol. The Bertz CT molecular complexity index is 477. The summed E-state index contributed by atoms with van der Waals surface area (Å²) in [5, 5.41) is 27.0. The second-order valence-corrected chi connectivity index (χ2v) is 3.15. The van der Waals surface area contributed by atoms with Crippen molar-refractivity contribution in [2.75, 3.05) is 14.2 Å². The number of aliphatic carboxylic acids is 1. The van der Waals surface area contributed by atoms with Gasteiger partial charge in [-0.05, 0) is 6.07 Å². The molecule has 0 aromatic heterocycles. The zero-order chi connectivity index (χ0) is 13.0. The van der Waals surface area contributed by atoms with Gasteiger partial charge in [0.2, 0.25) is 0 Å². The van der Waals surface area contributed by atoms with Crippen LogP contribution < -0.4 is 9.47 Å². The highest BCUT2D eigenvalue weighted by Gasteiger charge is 2.24. The van der Waals surface area contributed by atoms with Crippen LogP contribution >= 0.6 is 0 Å². The van der Waals surface area contributed by atoms with Crippen molar-refractivity contribution in [2.45, 2.75) is 6.10 Å². The van der Waals surface area contributed by atoms with Crippen molar-refractivity contribution in [3.05, 3.63) is 23.3 Å². The molecular weight excluding hydrogens is 226 g/mol. The Hall–Kier alpha value is -2.26. The largest absolute Gasteiger partial charge is 0.493 e. The summed E-state index contributed by atoms with van der Waals surface area (Å²) in [5.74, 6) is -1.14. The number of carbonyl (C=O) groups is 1. The highest BCUT2D eigenvalue weighted by molar-refractivity contribution is 5.76. The second-order valence-electron chi connectivity index (χ2n) is 3.15. The van der Waals surface area contributed by atoms with E-state index in [1.54, 1.807) is 0 Å². The maximum atomic E-state index is 10.7. The number of hydrogen-bond donors (Lipinski definition) is 2. The highest BCUT2D eigenvalue weighted by Crippen LogP contribution is 2.36. The van der Waals surface area contributed by atoms with Crippen molar-refractivity contribution in [1.29, 1.82) is 5.26 Å². The van der Waals surface area contributed by atoms with Gasteiger partial charge in [0.1, 0.15) is 0 Å². The number of benzene rings is 1. The predicted octanol–water partition coefficient (Wildman–Crippen LogP) is 0.693. The third-order valence-electron chi connectivity index (χ3n) is 2.17. The molecule has 0 amide bonds. The Morgan fingerprint density at radius 1 is 1.41 bits per heavy atom. The number of aliphatic hydroxyl groups is 1. The lowest BCUT2D eigenvalue weighted by Crippen LogP contribution is -2.12. The maximum Gasteiger partial charge on any atom is 0.337 e. The summed E-state index contributed by atoms with van der Waals surface area (Å²) in [6.07, 6.45) is -1.77. The lowest BCUT2D eigenvalue weighted by Gasteiger charge is -2.15. The molecule has 0 spiro atoms. The number of aliphatic hydroxyl groups excluding tert-OH is 1. The van der Waals surface area contributed by atoms with E-state index in [1.165, 1.54) is 26.4 Å². The van der Waals surface area contributed by atoms with Gasteiger partial charge in [0.15, 0.2) is 17.6 Å². The van der Waals surface area contributed by atoms with Crippen LogP contribution in [0.5, 0.6) is 11.5 Å². The molecule has 0 saturated carbocycles. The van der Waals surface area contributed by atoms with E-state index in [4.69, 9.17) is 19.8 Å². The van der Waals surface area contributed by atoms with E-state index in [0.717, 1.165) is 0 Å². The third kappa shape index (κ3) is 2.46. The molecule has 2 N–H and O–H groups in total. The summed E-state index contributed by atoms with van der Waals surface area (Å²) in [6, 6.07) is 4.50. The summed E-state index contributed by atoms with van der Waals surface area (Å²) < 4.78 is 9.95. The molecule has 90 valence electrons. The number of carboxylic acid groups (broad SMARTS) is 1.